The predicted octanol–water partition coefficient (Wildman–Crippen LogP) is 3.60. The van der Waals surface area contributed by atoms with Gasteiger partial charge < -0.3 is 5.73 Å². The van der Waals surface area contributed by atoms with Crippen molar-refractivity contribution in [2.75, 3.05) is 19.6 Å². The van der Waals surface area contributed by atoms with Crippen molar-refractivity contribution in [3.8, 4) is 0 Å². The third-order valence-corrected chi connectivity index (χ3v) is 4.14. The smallest absolute Gasteiger partial charge is 0.0453 e. The quantitative estimate of drug-likeness (QED) is 0.867. The molecule has 0 aliphatic rings. The van der Waals surface area contributed by atoms with E-state index in [1.165, 1.54) is 0 Å². The lowest BCUT2D eigenvalue weighted by Crippen LogP contribution is -2.53. The molecular formula is C14H22Cl2N2. The third-order valence-electron chi connectivity index (χ3n) is 3.55. The lowest BCUT2D eigenvalue weighted by Gasteiger charge is -2.40. The van der Waals surface area contributed by atoms with E-state index in [4.69, 9.17) is 28.9 Å². The molecule has 0 aliphatic heterocycles. The molecule has 1 atom stereocenters. The lowest BCUT2D eigenvalue weighted by molar-refractivity contribution is 0.124. The summed E-state index contributed by atoms with van der Waals surface area (Å²) in [5.41, 5.74) is 7.01. The van der Waals surface area contributed by atoms with Crippen molar-refractivity contribution in [3.05, 3.63) is 33.8 Å². The summed E-state index contributed by atoms with van der Waals surface area (Å²) >= 11 is 12.2. The standard InChI is InChI=1S/C14H22Cl2N2/c1-4-18(5-2)14(3,10-17)9-11-6-7-12(15)8-13(11)16/h6-8H,4-5,9-10,17H2,1-3H3. The van der Waals surface area contributed by atoms with Gasteiger partial charge in [-0.2, -0.15) is 0 Å². The Kier molecular flexibility index (Phi) is 5.93. The largest absolute Gasteiger partial charge is 0.329 e. The number of benzene rings is 1. The minimum absolute atomic E-state index is 0.0685. The van der Waals surface area contributed by atoms with E-state index in [2.05, 4.69) is 25.7 Å². The molecule has 2 nitrogen and oxygen atoms in total. The molecular weight excluding hydrogens is 267 g/mol. The summed E-state index contributed by atoms with van der Waals surface area (Å²) in [4.78, 5) is 2.37. The number of halogens is 2. The minimum Gasteiger partial charge on any atom is -0.329 e. The second-order valence-corrected chi connectivity index (χ2v) is 5.63. The number of nitrogens with two attached hydrogens (primary N) is 1. The van der Waals surface area contributed by atoms with Crippen LogP contribution < -0.4 is 5.73 Å². The summed E-state index contributed by atoms with van der Waals surface area (Å²) in [7, 11) is 0. The summed E-state index contributed by atoms with van der Waals surface area (Å²) in [6.07, 6.45) is 0.835. The van der Waals surface area contributed by atoms with Crippen molar-refractivity contribution in [1.29, 1.82) is 0 Å². The van der Waals surface area contributed by atoms with Crippen LogP contribution in [0.2, 0.25) is 10.0 Å². The molecule has 2 N–H and O–H groups in total. The van der Waals surface area contributed by atoms with Crippen LogP contribution in [-0.4, -0.2) is 30.1 Å². The highest BCUT2D eigenvalue weighted by atomic mass is 35.5. The van der Waals surface area contributed by atoms with Crippen LogP contribution in [0.25, 0.3) is 0 Å². The maximum Gasteiger partial charge on any atom is 0.0453 e. The van der Waals surface area contributed by atoms with Crippen LogP contribution in [0.3, 0.4) is 0 Å². The molecule has 0 heterocycles. The molecule has 1 aromatic rings. The van der Waals surface area contributed by atoms with Gasteiger partial charge in [0.15, 0.2) is 0 Å². The van der Waals surface area contributed by atoms with Gasteiger partial charge in [-0.15, -0.1) is 0 Å². The molecule has 0 saturated heterocycles. The van der Waals surface area contributed by atoms with Crippen LogP contribution >= 0.6 is 23.2 Å². The molecule has 0 aromatic heterocycles. The first-order valence-corrected chi connectivity index (χ1v) is 7.11. The monoisotopic (exact) mass is 288 g/mol. The van der Waals surface area contributed by atoms with E-state index in [1.807, 2.05) is 12.1 Å². The van der Waals surface area contributed by atoms with Crippen LogP contribution in [-0.2, 0) is 6.42 Å². The van der Waals surface area contributed by atoms with E-state index in [9.17, 15) is 0 Å². The van der Waals surface area contributed by atoms with Crippen LogP contribution in [0, 0.1) is 0 Å². The van der Waals surface area contributed by atoms with Crippen molar-refractivity contribution in [3.63, 3.8) is 0 Å². The fourth-order valence-corrected chi connectivity index (χ4v) is 2.85. The zero-order chi connectivity index (χ0) is 13.8. The van der Waals surface area contributed by atoms with E-state index in [0.29, 0.717) is 16.6 Å². The normalized spacial score (nSPS) is 14.8. The molecule has 0 radical (unpaired) electrons. The second kappa shape index (κ2) is 6.76. The molecule has 0 bridgehead atoms. The van der Waals surface area contributed by atoms with Gasteiger partial charge in [0, 0.05) is 22.1 Å². The Morgan fingerprint density at radius 1 is 1.22 bits per heavy atom. The van der Waals surface area contributed by atoms with Gasteiger partial charge in [-0.05, 0) is 44.1 Å². The van der Waals surface area contributed by atoms with Crippen molar-refractivity contribution in [2.45, 2.75) is 32.7 Å². The Hall–Kier alpha value is -0.280. The molecule has 18 heavy (non-hydrogen) atoms. The van der Waals surface area contributed by atoms with Gasteiger partial charge in [0.2, 0.25) is 0 Å². The Morgan fingerprint density at radius 2 is 1.83 bits per heavy atom. The lowest BCUT2D eigenvalue weighted by atomic mass is 9.90. The maximum atomic E-state index is 6.24. The van der Waals surface area contributed by atoms with Crippen molar-refractivity contribution in [2.24, 2.45) is 5.73 Å². The van der Waals surface area contributed by atoms with Gasteiger partial charge >= 0.3 is 0 Å². The number of hydrogen-bond donors (Lipinski definition) is 1. The highest BCUT2D eigenvalue weighted by Crippen LogP contribution is 2.27. The topological polar surface area (TPSA) is 29.3 Å². The van der Waals surface area contributed by atoms with Gasteiger partial charge in [0.1, 0.15) is 0 Å². The number of hydrogen-bond acceptors (Lipinski definition) is 2. The Balaban J connectivity index is 2.97. The van der Waals surface area contributed by atoms with Crippen LogP contribution in [0.4, 0.5) is 0 Å². The van der Waals surface area contributed by atoms with E-state index in [0.717, 1.165) is 25.1 Å². The fraction of sp³-hybridized carbons (Fsp3) is 0.571. The molecule has 0 amide bonds. The highest BCUT2D eigenvalue weighted by Gasteiger charge is 2.29. The Bertz CT molecular complexity index is 391. The SMILES string of the molecule is CCN(CC)C(C)(CN)Cc1ccc(Cl)cc1Cl. The molecule has 0 saturated carbocycles. The van der Waals surface area contributed by atoms with Crippen LogP contribution in [0.5, 0.6) is 0 Å². The van der Waals surface area contributed by atoms with Gasteiger partial charge in [-0.25, -0.2) is 0 Å². The Morgan fingerprint density at radius 3 is 2.28 bits per heavy atom. The van der Waals surface area contributed by atoms with E-state index < -0.39 is 0 Å². The first-order valence-electron chi connectivity index (χ1n) is 6.36. The fourth-order valence-electron chi connectivity index (χ4n) is 2.38. The van der Waals surface area contributed by atoms with Gasteiger partial charge in [-0.1, -0.05) is 43.1 Å². The van der Waals surface area contributed by atoms with Crippen LogP contribution in [0.1, 0.15) is 26.3 Å². The average Bonchev–Trinajstić information content (AvgIpc) is 2.34. The van der Waals surface area contributed by atoms with Gasteiger partial charge in [0.05, 0.1) is 0 Å². The van der Waals surface area contributed by atoms with Gasteiger partial charge in [0.25, 0.3) is 0 Å². The third kappa shape index (κ3) is 3.61. The van der Waals surface area contributed by atoms with E-state index in [-0.39, 0.29) is 5.54 Å². The summed E-state index contributed by atoms with van der Waals surface area (Å²) in [6.45, 7) is 9.06. The van der Waals surface area contributed by atoms with Crippen molar-refractivity contribution >= 4 is 23.2 Å². The molecule has 1 unspecified atom stereocenters. The Labute approximate surface area is 120 Å². The summed E-state index contributed by atoms with van der Waals surface area (Å²) in [6, 6.07) is 5.65. The number of rotatable bonds is 6. The molecule has 0 fully saturated rings. The molecule has 1 rings (SSSR count). The zero-order valence-corrected chi connectivity index (χ0v) is 12.9. The van der Waals surface area contributed by atoms with Crippen molar-refractivity contribution in [1.82, 2.24) is 4.90 Å². The molecule has 1 aromatic carbocycles. The van der Waals surface area contributed by atoms with Gasteiger partial charge in [-0.3, -0.25) is 4.90 Å². The predicted molar refractivity (Wildman–Crippen MR) is 80.5 cm³/mol. The minimum atomic E-state index is -0.0685. The summed E-state index contributed by atoms with van der Waals surface area (Å²) in [5.74, 6) is 0. The van der Waals surface area contributed by atoms with E-state index >= 15 is 0 Å². The molecule has 4 heteroatoms. The molecule has 0 spiro atoms. The van der Waals surface area contributed by atoms with Crippen molar-refractivity contribution < 1.29 is 0 Å². The van der Waals surface area contributed by atoms with Crippen LogP contribution in [0.15, 0.2) is 18.2 Å². The maximum absolute atomic E-state index is 6.24. The first-order chi connectivity index (χ1) is 8.46. The first kappa shape index (κ1) is 15.8. The number of nitrogens with zero attached hydrogens (tertiary/aromatic N) is 1. The molecule has 0 aliphatic carbocycles. The summed E-state index contributed by atoms with van der Waals surface area (Å²) < 4.78 is 0. The average molecular weight is 289 g/mol. The molecule has 102 valence electrons. The zero-order valence-electron chi connectivity index (χ0n) is 11.3. The summed E-state index contributed by atoms with van der Waals surface area (Å²) in [5, 5.41) is 1.38. The second-order valence-electron chi connectivity index (χ2n) is 4.79. The highest BCUT2D eigenvalue weighted by molar-refractivity contribution is 6.35. The van der Waals surface area contributed by atoms with E-state index in [1.54, 1.807) is 6.07 Å². The number of likely N-dealkylation sites (N-methyl/N-ethyl adjacent to an activating group) is 1.